The van der Waals surface area contributed by atoms with E-state index in [0.29, 0.717) is 23.8 Å². The van der Waals surface area contributed by atoms with Crippen molar-refractivity contribution in [3.63, 3.8) is 0 Å². The maximum Gasteiger partial charge on any atom is 0.255 e. The van der Waals surface area contributed by atoms with Crippen LogP contribution < -0.4 is 10.1 Å². The van der Waals surface area contributed by atoms with E-state index in [9.17, 15) is 4.79 Å². The lowest BCUT2D eigenvalue weighted by molar-refractivity contribution is 0.0947. The van der Waals surface area contributed by atoms with Gasteiger partial charge in [0.2, 0.25) is 0 Å². The maximum atomic E-state index is 12.3. The molecule has 0 heterocycles. The molecule has 3 nitrogen and oxygen atoms in total. The summed E-state index contributed by atoms with van der Waals surface area (Å²) in [4.78, 5) is 12.3. The smallest absolute Gasteiger partial charge is 0.255 e. The van der Waals surface area contributed by atoms with Crippen LogP contribution in [0.25, 0.3) is 0 Å². The largest absolute Gasteiger partial charge is 0.488 e. The molecule has 22 heavy (non-hydrogen) atoms. The number of hydrogen-bond acceptors (Lipinski definition) is 2. The third kappa shape index (κ3) is 3.88. The van der Waals surface area contributed by atoms with Gasteiger partial charge in [0.15, 0.2) is 0 Å². The van der Waals surface area contributed by atoms with Crippen LogP contribution >= 0.6 is 0 Å². The average molecular weight is 295 g/mol. The predicted octanol–water partition coefficient (Wildman–Crippen LogP) is 3.71. The monoisotopic (exact) mass is 295 g/mol. The minimum Gasteiger partial charge on any atom is -0.488 e. The Morgan fingerprint density at radius 3 is 2.77 bits per heavy atom. The van der Waals surface area contributed by atoms with Gasteiger partial charge < -0.3 is 10.1 Å². The second-order valence-electron chi connectivity index (χ2n) is 5.93. The lowest BCUT2D eigenvalue weighted by atomic mass is 10.1. The standard InChI is InChI=1S/C19H21NO2/c1-14-5-4-6-16(11-14)13-22-18-8-3-2-7-17(18)19(21)20-12-15-9-10-15/h2-8,11,15H,9-10,12-13H2,1H3,(H,20,21). The molecule has 0 spiro atoms. The Morgan fingerprint density at radius 2 is 2.00 bits per heavy atom. The molecule has 0 bridgehead atoms. The highest BCUT2D eigenvalue weighted by Gasteiger charge is 2.22. The summed E-state index contributed by atoms with van der Waals surface area (Å²) >= 11 is 0. The summed E-state index contributed by atoms with van der Waals surface area (Å²) in [6.07, 6.45) is 2.46. The molecule has 0 aromatic heterocycles. The van der Waals surface area contributed by atoms with Gasteiger partial charge in [-0.3, -0.25) is 4.79 Å². The number of ether oxygens (including phenoxy) is 1. The highest BCUT2D eigenvalue weighted by Crippen LogP contribution is 2.28. The normalized spacial score (nSPS) is 13.7. The Kier molecular flexibility index (Phi) is 4.42. The number of rotatable bonds is 6. The van der Waals surface area contributed by atoms with Gasteiger partial charge in [0.25, 0.3) is 5.91 Å². The van der Waals surface area contributed by atoms with Crippen molar-refractivity contribution < 1.29 is 9.53 Å². The zero-order valence-electron chi connectivity index (χ0n) is 12.8. The molecule has 3 rings (SSSR count). The number of aryl methyl sites for hydroxylation is 1. The minimum absolute atomic E-state index is 0.0493. The summed E-state index contributed by atoms with van der Waals surface area (Å²) in [5.41, 5.74) is 2.92. The van der Waals surface area contributed by atoms with Gasteiger partial charge in [-0.05, 0) is 43.4 Å². The zero-order valence-corrected chi connectivity index (χ0v) is 12.8. The summed E-state index contributed by atoms with van der Waals surface area (Å²) < 4.78 is 5.86. The Bertz CT molecular complexity index is 662. The van der Waals surface area contributed by atoms with Crippen molar-refractivity contribution in [3.05, 3.63) is 65.2 Å². The van der Waals surface area contributed by atoms with Gasteiger partial charge in [0, 0.05) is 6.54 Å². The molecule has 2 aromatic carbocycles. The fourth-order valence-corrected chi connectivity index (χ4v) is 2.40. The first-order valence-corrected chi connectivity index (χ1v) is 7.78. The maximum absolute atomic E-state index is 12.3. The van der Waals surface area contributed by atoms with Gasteiger partial charge in [0.05, 0.1) is 5.56 Å². The minimum atomic E-state index is -0.0493. The SMILES string of the molecule is Cc1cccc(COc2ccccc2C(=O)NCC2CC2)c1. The van der Waals surface area contributed by atoms with Crippen LogP contribution in [0.4, 0.5) is 0 Å². The number of benzene rings is 2. The van der Waals surface area contributed by atoms with Crippen molar-refractivity contribution in [1.29, 1.82) is 0 Å². The number of nitrogens with one attached hydrogen (secondary N) is 1. The van der Waals surface area contributed by atoms with Crippen molar-refractivity contribution in [1.82, 2.24) is 5.32 Å². The number of carbonyl (C=O) groups excluding carboxylic acids is 1. The van der Waals surface area contributed by atoms with Crippen LogP contribution in [0.5, 0.6) is 5.75 Å². The molecule has 0 atom stereocenters. The Hall–Kier alpha value is -2.29. The molecule has 0 radical (unpaired) electrons. The van der Waals surface area contributed by atoms with Crippen LogP contribution in [0.1, 0.15) is 34.3 Å². The molecule has 1 fully saturated rings. The van der Waals surface area contributed by atoms with E-state index in [1.165, 1.54) is 18.4 Å². The number of amides is 1. The molecule has 1 saturated carbocycles. The van der Waals surface area contributed by atoms with E-state index in [0.717, 1.165) is 12.1 Å². The first-order chi connectivity index (χ1) is 10.7. The third-order valence-electron chi connectivity index (χ3n) is 3.86. The fourth-order valence-electron chi connectivity index (χ4n) is 2.40. The summed E-state index contributed by atoms with van der Waals surface area (Å²) in [6.45, 7) is 3.29. The van der Waals surface area contributed by atoms with Crippen molar-refractivity contribution >= 4 is 5.91 Å². The van der Waals surface area contributed by atoms with E-state index in [4.69, 9.17) is 4.74 Å². The van der Waals surface area contributed by atoms with E-state index in [-0.39, 0.29) is 5.91 Å². The molecule has 0 aliphatic heterocycles. The topological polar surface area (TPSA) is 38.3 Å². The number of carbonyl (C=O) groups is 1. The molecule has 2 aromatic rings. The lowest BCUT2D eigenvalue weighted by Crippen LogP contribution is -2.26. The van der Waals surface area contributed by atoms with Crippen LogP contribution in [0, 0.1) is 12.8 Å². The molecule has 1 aliphatic rings. The molecular weight excluding hydrogens is 274 g/mol. The Morgan fingerprint density at radius 1 is 1.18 bits per heavy atom. The summed E-state index contributed by atoms with van der Waals surface area (Å²) in [7, 11) is 0. The van der Waals surface area contributed by atoms with E-state index in [2.05, 4.69) is 24.4 Å². The highest BCUT2D eigenvalue weighted by molar-refractivity contribution is 5.96. The van der Waals surface area contributed by atoms with Crippen molar-refractivity contribution in [2.24, 2.45) is 5.92 Å². The molecule has 1 N–H and O–H groups in total. The van der Waals surface area contributed by atoms with Crippen molar-refractivity contribution in [3.8, 4) is 5.75 Å². The molecular formula is C19H21NO2. The van der Waals surface area contributed by atoms with Gasteiger partial charge in [-0.1, -0.05) is 42.0 Å². The first-order valence-electron chi connectivity index (χ1n) is 7.78. The molecule has 0 saturated heterocycles. The Labute approximate surface area is 131 Å². The van der Waals surface area contributed by atoms with Gasteiger partial charge >= 0.3 is 0 Å². The molecule has 1 aliphatic carbocycles. The molecule has 1 amide bonds. The van der Waals surface area contributed by atoms with Crippen LogP contribution in [0.3, 0.4) is 0 Å². The second kappa shape index (κ2) is 6.65. The van der Waals surface area contributed by atoms with Crippen LogP contribution in [-0.2, 0) is 6.61 Å². The van der Waals surface area contributed by atoms with Gasteiger partial charge in [-0.2, -0.15) is 0 Å². The van der Waals surface area contributed by atoms with Gasteiger partial charge in [0.1, 0.15) is 12.4 Å². The Balaban J connectivity index is 1.66. The second-order valence-corrected chi connectivity index (χ2v) is 5.93. The van der Waals surface area contributed by atoms with Crippen LogP contribution in [-0.4, -0.2) is 12.5 Å². The lowest BCUT2D eigenvalue weighted by Gasteiger charge is -2.12. The molecule has 0 unspecified atom stereocenters. The van der Waals surface area contributed by atoms with E-state index in [1.807, 2.05) is 36.4 Å². The summed E-state index contributed by atoms with van der Waals surface area (Å²) in [5, 5.41) is 2.99. The highest BCUT2D eigenvalue weighted by atomic mass is 16.5. The quantitative estimate of drug-likeness (QED) is 0.882. The summed E-state index contributed by atoms with van der Waals surface area (Å²) in [5.74, 6) is 1.26. The molecule has 3 heteroatoms. The van der Waals surface area contributed by atoms with Gasteiger partial charge in [-0.15, -0.1) is 0 Å². The third-order valence-corrected chi connectivity index (χ3v) is 3.86. The molecule has 114 valence electrons. The van der Waals surface area contributed by atoms with E-state index >= 15 is 0 Å². The predicted molar refractivity (Wildman–Crippen MR) is 87.0 cm³/mol. The van der Waals surface area contributed by atoms with Crippen molar-refractivity contribution in [2.75, 3.05) is 6.54 Å². The van der Waals surface area contributed by atoms with Crippen LogP contribution in [0.2, 0.25) is 0 Å². The van der Waals surface area contributed by atoms with E-state index < -0.39 is 0 Å². The number of hydrogen-bond donors (Lipinski definition) is 1. The summed E-state index contributed by atoms with van der Waals surface area (Å²) in [6, 6.07) is 15.6. The zero-order chi connectivity index (χ0) is 15.4. The fraction of sp³-hybridized carbons (Fsp3) is 0.316. The average Bonchev–Trinajstić information content (AvgIpc) is 3.35. The van der Waals surface area contributed by atoms with Crippen LogP contribution in [0.15, 0.2) is 48.5 Å². The van der Waals surface area contributed by atoms with Crippen molar-refractivity contribution in [2.45, 2.75) is 26.4 Å². The first kappa shape index (κ1) is 14.6. The number of para-hydroxylation sites is 1. The van der Waals surface area contributed by atoms with E-state index in [1.54, 1.807) is 0 Å². The van der Waals surface area contributed by atoms with Gasteiger partial charge in [-0.25, -0.2) is 0 Å².